The highest BCUT2D eigenvalue weighted by Crippen LogP contribution is 2.41. The number of ketones is 1. The van der Waals surface area contributed by atoms with Gasteiger partial charge in [-0.3, -0.25) is 24.6 Å². The lowest BCUT2D eigenvalue weighted by molar-refractivity contribution is -0.384. The summed E-state index contributed by atoms with van der Waals surface area (Å²) in [6, 6.07) is 15.4. The number of nitrogens with zero attached hydrogens (tertiary/aromatic N) is 3. The Hall–Kier alpha value is -4.04. The second kappa shape index (κ2) is 8.00. The predicted molar refractivity (Wildman–Crippen MR) is 114 cm³/mol. The van der Waals surface area contributed by atoms with E-state index in [2.05, 4.69) is 4.98 Å². The first-order chi connectivity index (χ1) is 14.9. The number of amides is 1. The van der Waals surface area contributed by atoms with E-state index in [0.29, 0.717) is 16.1 Å². The summed E-state index contributed by atoms with van der Waals surface area (Å²) in [5.41, 5.74) is 0.421. The summed E-state index contributed by atoms with van der Waals surface area (Å²) in [5.74, 6) is -1.92. The van der Waals surface area contributed by atoms with Gasteiger partial charge >= 0.3 is 5.91 Å². The molecular weight excluding hydrogens is 422 g/mol. The molecule has 0 aliphatic carbocycles. The Kier molecular flexibility index (Phi) is 5.22. The summed E-state index contributed by atoms with van der Waals surface area (Å²) >= 11 is 5.91. The van der Waals surface area contributed by atoms with Crippen LogP contribution in [0.1, 0.15) is 17.2 Å². The van der Waals surface area contributed by atoms with Gasteiger partial charge in [-0.15, -0.1) is 0 Å². The first-order valence-electron chi connectivity index (χ1n) is 9.11. The number of non-ortho nitro benzene ring substituents is 1. The van der Waals surface area contributed by atoms with Crippen molar-refractivity contribution in [3.8, 4) is 0 Å². The molecule has 1 atom stereocenters. The van der Waals surface area contributed by atoms with Gasteiger partial charge in [0.2, 0.25) is 0 Å². The maximum atomic E-state index is 13.0. The van der Waals surface area contributed by atoms with E-state index in [-0.39, 0.29) is 22.8 Å². The third kappa shape index (κ3) is 3.64. The highest BCUT2D eigenvalue weighted by atomic mass is 35.5. The molecular formula is C22H14ClN3O5. The second-order valence-corrected chi connectivity index (χ2v) is 7.15. The van der Waals surface area contributed by atoms with Crippen LogP contribution in [0.25, 0.3) is 5.76 Å². The molecule has 1 N–H and O–H groups in total. The molecule has 4 rings (SSSR count). The summed E-state index contributed by atoms with van der Waals surface area (Å²) in [5, 5.41) is 22.4. The Morgan fingerprint density at radius 3 is 2.29 bits per heavy atom. The normalized spacial score (nSPS) is 17.7. The number of nitro groups is 1. The van der Waals surface area contributed by atoms with Gasteiger partial charge in [0.15, 0.2) is 0 Å². The summed E-state index contributed by atoms with van der Waals surface area (Å²) in [6.07, 6.45) is 1.47. The zero-order chi connectivity index (χ0) is 22.1. The third-order valence-corrected chi connectivity index (χ3v) is 5.13. The smallest absolute Gasteiger partial charge is 0.301 e. The van der Waals surface area contributed by atoms with Gasteiger partial charge < -0.3 is 5.11 Å². The Bertz CT molecular complexity index is 1210. The predicted octanol–water partition coefficient (Wildman–Crippen LogP) is 4.27. The molecule has 1 aromatic heterocycles. The Morgan fingerprint density at radius 2 is 1.71 bits per heavy atom. The molecule has 0 radical (unpaired) electrons. The van der Waals surface area contributed by atoms with E-state index in [1.807, 2.05) is 0 Å². The number of anilines is 1. The maximum absolute atomic E-state index is 13.0. The third-order valence-electron chi connectivity index (χ3n) is 4.88. The summed E-state index contributed by atoms with van der Waals surface area (Å²) in [7, 11) is 0. The molecule has 1 amide bonds. The van der Waals surface area contributed by atoms with Crippen molar-refractivity contribution in [1.82, 2.24) is 4.98 Å². The van der Waals surface area contributed by atoms with E-state index < -0.39 is 22.7 Å². The van der Waals surface area contributed by atoms with Crippen molar-refractivity contribution in [2.24, 2.45) is 0 Å². The van der Waals surface area contributed by atoms with Crippen molar-refractivity contribution in [2.45, 2.75) is 6.04 Å². The number of aromatic nitrogens is 1. The van der Waals surface area contributed by atoms with Gasteiger partial charge in [-0.25, -0.2) is 4.98 Å². The number of nitro benzene ring substituents is 1. The number of aliphatic hydroxyl groups is 1. The lowest BCUT2D eigenvalue weighted by atomic mass is 9.95. The molecule has 31 heavy (non-hydrogen) atoms. The molecule has 3 aromatic rings. The number of pyridine rings is 1. The zero-order valence-electron chi connectivity index (χ0n) is 15.8. The van der Waals surface area contributed by atoms with Gasteiger partial charge in [0.1, 0.15) is 11.6 Å². The number of benzene rings is 2. The number of carbonyl (C=O) groups is 2. The molecule has 1 aliphatic rings. The fourth-order valence-corrected chi connectivity index (χ4v) is 3.55. The topological polar surface area (TPSA) is 114 Å². The first-order valence-corrected chi connectivity index (χ1v) is 9.48. The standard InChI is InChI=1S/C22H14ClN3O5/c23-15-8-4-14(5-9-15)20(27)18-19(13-6-10-16(11-7-13)26(30)31)25(22(29)21(18)28)17-3-1-2-12-24-17/h1-12,19,27H/b20-18+/t19-/m0/s1. The second-order valence-electron chi connectivity index (χ2n) is 6.71. The summed E-state index contributed by atoms with van der Waals surface area (Å²) < 4.78 is 0. The molecule has 0 spiro atoms. The van der Waals surface area contributed by atoms with Crippen LogP contribution in [0.5, 0.6) is 0 Å². The van der Waals surface area contributed by atoms with Gasteiger partial charge in [-0.2, -0.15) is 0 Å². The van der Waals surface area contributed by atoms with Crippen LogP contribution in [-0.2, 0) is 9.59 Å². The average molecular weight is 436 g/mol. The van der Waals surface area contributed by atoms with Crippen LogP contribution >= 0.6 is 11.6 Å². The summed E-state index contributed by atoms with van der Waals surface area (Å²) in [6.45, 7) is 0. The molecule has 1 aliphatic heterocycles. The maximum Gasteiger partial charge on any atom is 0.301 e. The fraction of sp³-hybridized carbons (Fsp3) is 0.0455. The molecule has 0 unspecified atom stereocenters. The van der Waals surface area contributed by atoms with Crippen molar-refractivity contribution in [3.63, 3.8) is 0 Å². The Morgan fingerprint density at radius 1 is 1.03 bits per heavy atom. The highest BCUT2D eigenvalue weighted by molar-refractivity contribution is 6.51. The minimum absolute atomic E-state index is 0.142. The minimum Gasteiger partial charge on any atom is -0.507 e. The molecule has 0 saturated carbocycles. The molecule has 8 nitrogen and oxygen atoms in total. The quantitative estimate of drug-likeness (QED) is 0.215. The zero-order valence-corrected chi connectivity index (χ0v) is 16.6. The average Bonchev–Trinajstić information content (AvgIpc) is 3.05. The largest absolute Gasteiger partial charge is 0.507 e. The van der Waals surface area contributed by atoms with Crippen LogP contribution in [0.3, 0.4) is 0 Å². The molecule has 9 heteroatoms. The van der Waals surface area contributed by atoms with Crippen LogP contribution in [-0.4, -0.2) is 26.7 Å². The molecule has 1 saturated heterocycles. The molecule has 2 heterocycles. The number of Topliss-reactive ketones (excluding diaryl/α,β-unsaturated/α-hetero) is 1. The van der Waals surface area contributed by atoms with Gasteiger partial charge in [0, 0.05) is 28.9 Å². The molecule has 0 bridgehead atoms. The SMILES string of the molecule is O=C1C(=O)N(c2ccccn2)[C@@H](c2ccc([N+](=O)[O-])cc2)/C1=C(\O)c1ccc(Cl)cc1. The van der Waals surface area contributed by atoms with E-state index >= 15 is 0 Å². The van der Waals surface area contributed by atoms with Crippen LogP contribution in [0.15, 0.2) is 78.5 Å². The molecule has 2 aromatic carbocycles. The van der Waals surface area contributed by atoms with Gasteiger partial charge in [-0.05, 0) is 54.1 Å². The number of aliphatic hydroxyl groups excluding tert-OH is 1. The Balaban J connectivity index is 1.92. The number of carbonyl (C=O) groups excluding carboxylic acids is 2. The minimum atomic E-state index is -1.02. The summed E-state index contributed by atoms with van der Waals surface area (Å²) in [4.78, 5) is 41.7. The van der Waals surface area contributed by atoms with E-state index in [9.17, 15) is 24.8 Å². The molecule has 154 valence electrons. The highest BCUT2D eigenvalue weighted by Gasteiger charge is 2.47. The number of rotatable bonds is 4. The van der Waals surface area contributed by atoms with Crippen molar-refractivity contribution in [3.05, 3.63) is 105 Å². The van der Waals surface area contributed by atoms with Crippen LogP contribution < -0.4 is 4.90 Å². The monoisotopic (exact) mass is 435 g/mol. The number of hydrogen-bond acceptors (Lipinski definition) is 6. The van der Waals surface area contributed by atoms with Crippen molar-refractivity contribution < 1.29 is 19.6 Å². The van der Waals surface area contributed by atoms with Crippen molar-refractivity contribution in [1.29, 1.82) is 0 Å². The first kappa shape index (κ1) is 20.2. The lowest BCUT2D eigenvalue weighted by Crippen LogP contribution is -2.30. The molecule has 1 fully saturated rings. The van der Waals surface area contributed by atoms with E-state index in [4.69, 9.17) is 11.6 Å². The Labute approximate surface area is 181 Å². The van der Waals surface area contributed by atoms with Gasteiger partial charge in [0.25, 0.3) is 11.5 Å². The van der Waals surface area contributed by atoms with Gasteiger partial charge in [0.05, 0.1) is 16.5 Å². The van der Waals surface area contributed by atoms with Gasteiger partial charge in [-0.1, -0.05) is 17.7 Å². The lowest BCUT2D eigenvalue weighted by Gasteiger charge is -2.24. The number of halogens is 1. The van der Waals surface area contributed by atoms with Crippen molar-refractivity contribution >= 4 is 40.6 Å². The van der Waals surface area contributed by atoms with E-state index in [1.165, 1.54) is 47.5 Å². The van der Waals surface area contributed by atoms with E-state index in [0.717, 1.165) is 0 Å². The van der Waals surface area contributed by atoms with Crippen LogP contribution in [0, 0.1) is 10.1 Å². The van der Waals surface area contributed by atoms with Crippen LogP contribution in [0.2, 0.25) is 5.02 Å². The fourth-order valence-electron chi connectivity index (χ4n) is 3.42. The van der Waals surface area contributed by atoms with E-state index in [1.54, 1.807) is 30.3 Å². The van der Waals surface area contributed by atoms with Crippen molar-refractivity contribution in [2.75, 3.05) is 4.90 Å². The van der Waals surface area contributed by atoms with Crippen LogP contribution in [0.4, 0.5) is 11.5 Å². The number of hydrogen-bond donors (Lipinski definition) is 1.